The predicted molar refractivity (Wildman–Crippen MR) is 61.5 cm³/mol. The summed E-state index contributed by atoms with van der Waals surface area (Å²) in [5, 5.41) is 3.43. The third-order valence-electron chi connectivity index (χ3n) is 1.92. The van der Waals surface area contributed by atoms with Crippen LogP contribution in [0.15, 0.2) is 26.9 Å². The summed E-state index contributed by atoms with van der Waals surface area (Å²) in [5.74, 6) is 0. The Bertz CT molecular complexity index is 431. The van der Waals surface area contributed by atoms with Gasteiger partial charge in [-0.2, -0.15) is 0 Å². The summed E-state index contributed by atoms with van der Waals surface area (Å²) in [7, 11) is 0. The highest BCUT2D eigenvalue weighted by molar-refractivity contribution is 9.10. The van der Waals surface area contributed by atoms with Crippen molar-refractivity contribution >= 4 is 50.0 Å². The molecule has 0 aliphatic rings. The fourth-order valence-corrected chi connectivity index (χ4v) is 2.84. The van der Waals surface area contributed by atoms with E-state index >= 15 is 0 Å². The molecule has 0 spiro atoms. The summed E-state index contributed by atoms with van der Waals surface area (Å²) in [6.07, 6.45) is 0. The van der Waals surface area contributed by atoms with Crippen LogP contribution in [0.4, 0.5) is 0 Å². The first-order chi connectivity index (χ1) is 5.70. The molecule has 1 aromatic carbocycles. The van der Waals surface area contributed by atoms with Crippen molar-refractivity contribution < 1.29 is 0 Å². The first kappa shape index (κ1) is 8.60. The quantitative estimate of drug-likeness (QED) is 0.671. The number of hydrogen-bond acceptors (Lipinski definition) is 2. The molecule has 1 heterocycles. The number of hydrogen-bond donors (Lipinski definition) is 1. The fourth-order valence-electron chi connectivity index (χ4n) is 1.24. The van der Waals surface area contributed by atoms with Crippen LogP contribution in [0.5, 0.6) is 0 Å². The molecule has 62 valence electrons. The van der Waals surface area contributed by atoms with E-state index in [1.54, 1.807) is 11.3 Å². The number of benzene rings is 1. The number of rotatable bonds is 0. The monoisotopic (exact) mass is 258 g/mol. The van der Waals surface area contributed by atoms with Crippen molar-refractivity contribution in [1.82, 2.24) is 0 Å². The van der Waals surface area contributed by atoms with Gasteiger partial charge in [-0.05, 0) is 51.3 Å². The van der Waals surface area contributed by atoms with Crippen LogP contribution in [0.3, 0.4) is 0 Å². The molecular weight excluding hydrogens is 252 g/mol. The van der Waals surface area contributed by atoms with Crippen LogP contribution in [-0.4, -0.2) is 0 Å². The Morgan fingerprint density at radius 3 is 3.00 bits per heavy atom. The summed E-state index contributed by atoms with van der Waals surface area (Å²) in [4.78, 5) is 1.02. The molecule has 0 bridgehead atoms. The predicted octanol–water partition coefficient (Wildman–Crippen LogP) is 4.26. The molecule has 3 heteroatoms. The lowest BCUT2D eigenvalue weighted by molar-refractivity contribution is 1.37. The molecule has 0 unspecified atom stereocenters. The molecule has 0 N–H and O–H groups in total. The number of thiophene rings is 1. The third kappa shape index (κ3) is 1.20. The molecule has 0 atom stereocenters. The van der Waals surface area contributed by atoms with Gasteiger partial charge in [0.2, 0.25) is 0 Å². The Balaban J connectivity index is 2.94. The van der Waals surface area contributed by atoms with Gasteiger partial charge in [-0.15, -0.1) is 24.0 Å². The molecule has 2 aromatic rings. The fraction of sp³-hybridized carbons (Fsp3) is 0.111. The van der Waals surface area contributed by atoms with Crippen LogP contribution in [0, 0.1) is 6.92 Å². The van der Waals surface area contributed by atoms with Crippen LogP contribution < -0.4 is 0 Å². The lowest BCUT2D eigenvalue weighted by atomic mass is 10.1. The molecule has 12 heavy (non-hydrogen) atoms. The second kappa shape index (κ2) is 3.05. The Labute approximate surface area is 89.1 Å². The van der Waals surface area contributed by atoms with Crippen molar-refractivity contribution in [3.8, 4) is 0 Å². The van der Waals surface area contributed by atoms with Crippen molar-refractivity contribution in [3.05, 3.63) is 27.5 Å². The Kier molecular flexibility index (Phi) is 2.19. The van der Waals surface area contributed by atoms with E-state index in [1.807, 2.05) is 0 Å². The number of fused-ring (bicyclic) bond motifs is 1. The van der Waals surface area contributed by atoms with Gasteiger partial charge in [-0.1, -0.05) is 0 Å². The smallest absolute Gasteiger partial charge is 0.0357 e. The molecule has 0 fully saturated rings. The van der Waals surface area contributed by atoms with E-state index in [9.17, 15) is 0 Å². The minimum absolute atomic E-state index is 1.02. The van der Waals surface area contributed by atoms with E-state index in [2.05, 4.69) is 53.0 Å². The van der Waals surface area contributed by atoms with E-state index in [1.165, 1.54) is 15.6 Å². The molecule has 0 saturated carbocycles. The lowest BCUT2D eigenvalue weighted by Gasteiger charge is -2.02. The molecular formula is C9H7BrS2. The molecule has 2 rings (SSSR count). The van der Waals surface area contributed by atoms with Gasteiger partial charge in [0, 0.05) is 14.1 Å². The normalized spacial score (nSPS) is 10.9. The van der Waals surface area contributed by atoms with Crippen molar-refractivity contribution in [1.29, 1.82) is 0 Å². The molecule has 0 aliphatic carbocycles. The minimum atomic E-state index is 1.02. The standard InChI is InChI=1S/C9H7BrS2/c1-5-6-2-3-12-8(6)4-7(11)9(5)10/h2-4,11H,1H3. The van der Waals surface area contributed by atoms with Crippen LogP contribution >= 0.6 is 39.9 Å². The van der Waals surface area contributed by atoms with Gasteiger partial charge in [0.15, 0.2) is 0 Å². The topological polar surface area (TPSA) is 0 Å². The van der Waals surface area contributed by atoms with Gasteiger partial charge in [-0.3, -0.25) is 0 Å². The van der Waals surface area contributed by atoms with Crippen LogP contribution in [0.2, 0.25) is 0 Å². The highest BCUT2D eigenvalue weighted by atomic mass is 79.9. The zero-order valence-electron chi connectivity index (χ0n) is 6.47. The SMILES string of the molecule is Cc1c(Br)c(S)cc2sccc12. The molecule has 1 aromatic heterocycles. The Hall–Kier alpha value is 0.01000. The van der Waals surface area contributed by atoms with E-state index < -0.39 is 0 Å². The average molecular weight is 259 g/mol. The first-order valence-corrected chi connectivity index (χ1v) is 5.67. The second-order valence-electron chi connectivity index (χ2n) is 2.67. The van der Waals surface area contributed by atoms with E-state index in [0.717, 1.165) is 9.37 Å². The van der Waals surface area contributed by atoms with Gasteiger partial charge in [-0.25, -0.2) is 0 Å². The second-order valence-corrected chi connectivity index (χ2v) is 4.89. The summed E-state index contributed by atoms with van der Waals surface area (Å²) in [5.41, 5.74) is 1.28. The molecule has 0 aliphatic heterocycles. The molecule has 0 amide bonds. The van der Waals surface area contributed by atoms with Gasteiger partial charge in [0.05, 0.1) is 0 Å². The van der Waals surface area contributed by atoms with Gasteiger partial charge in [0.25, 0.3) is 0 Å². The van der Waals surface area contributed by atoms with E-state index in [4.69, 9.17) is 0 Å². The summed E-state index contributed by atoms with van der Waals surface area (Å²) < 4.78 is 2.41. The number of aryl methyl sites for hydroxylation is 1. The lowest BCUT2D eigenvalue weighted by Crippen LogP contribution is -1.78. The van der Waals surface area contributed by atoms with Crippen molar-refractivity contribution in [2.45, 2.75) is 11.8 Å². The maximum Gasteiger partial charge on any atom is 0.0357 e. The van der Waals surface area contributed by atoms with Gasteiger partial charge >= 0.3 is 0 Å². The minimum Gasteiger partial charge on any atom is -0.144 e. The van der Waals surface area contributed by atoms with Crippen molar-refractivity contribution in [2.24, 2.45) is 0 Å². The highest BCUT2D eigenvalue weighted by Crippen LogP contribution is 2.34. The number of thiol groups is 1. The van der Waals surface area contributed by atoms with Gasteiger partial charge < -0.3 is 0 Å². The first-order valence-electron chi connectivity index (χ1n) is 3.55. The molecule has 0 radical (unpaired) electrons. The van der Waals surface area contributed by atoms with E-state index in [-0.39, 0.29) is 0 Å². The van der Waals surface area contributed by atoms with Crippen LogP contribution in [-0.2, 0) is 0 Å². The summed E-state index contributed by atoms with van der Waals surface area (Å²) >= 11 is 9.65. The largest absolute Gasteiger partial charge is 0.144 e. The maximum absolute atomic E-state index is 4.38. The third-order valence-corrected chi connectivity index (χ3v) is 4.47. The number of halogens is 1. The Morgan fingerprint density at radius 2 is 2.25 bits per heavy atom. The maximum atomic E-state index is 4.38. The van der Waals surface area contributed by atoms with Gasteiger partial charge in [0.1, 0.15) is 0 Å². The highest BCUT2D eigenvalue weighted by Gasteiger charge is 2.05. The summed E-state index contributed by atoms with van der Waals surface area (Å²) in [6.45, 7) is 2.11. The zero-order chi connectivity index (χ0) is 8.72. The Morgan fingerprint density at radius 1 is 1.50 bits per heavy atom. The molecule has 0 saturated heterocycles. The zero-order valence-corrected chi connectivity index (χ0v) is 9.76. The van der Waals surface area contributed by atoms with Crippen molar-refractivity contribution in [2.75, 3.05) is 0 Å². The van der Waals surface area contributed by atoms with Crippen LogP contribution in [0.1, 0.15) is 5.56 Å². The van der Waals surface area contributed by atoms with E-state index in [0.29, 0.717) is 0 Å². The molecule has 0 nitrogen and oxygen atoms in total. The van der Waals surface area contributed by atoms with Crippen molar-refractivity contribution in [3.63, 3.8) is 0 Å². The van der Waals surface area contributed by atoms with Crippen LogP contribution in [0.25, 0.3) is 10.1 Å². The summed E-state index contributed by atoms with van der Waals surface area (Å²) in [6, 6.07) is 4.24. The average Bonchev–Trinajstić information content (AvgIpc) is 2.48.